The average Bonchev–Trinajstić information content (AvgIpc) is 1.37. The van der Waals surface area contributed by atoms with Gasteiger partial charge in [-0.1, -0.05) is 84.4 Å². The number of H-pyrrole nitrogens is 3. The van der Waals surface area contributed by atoms with Crippen LogP contribution in [0.5, 0.6) is 17.2 Å². The number of primary amides is 1. The van der Waals surface area contributed by atoms with Gasteiger partial charge in [-0.3, -0.25) is 86.9 Å². The van der Waals surface area contributed by atoms with Gasteiger partial charge in [0.25, 0.3) is 0 Å². The quantitative estimate of drug-likeness (QED) is 0.0125. The fourth-order valence-electron chi connectivity index (χ4n) is 13.6. The second kappa shape index (κ2) is 52.7. The fraction of sp³-hybridized carbons (Fsp3) is 0.471. The van der Waals surface area contributed by atoms with E-state index in [1.165, 1.54) is 110 Å². The van der Waals surface area contributed by atoms with E-state index in [1.54, 1.807) is 41.5 Å². The smallest absolute Gasteiger partial charge is 0.303 e. The molecule has 1 aliphatic rings. The van der Waals surface area contributed by atoms with Crippen molar-refractivity contribution in [2.75, 3.05) is 37.7 Å². The number of aromatic hydroxyl groups is 3. The van der Waals surface area contributed by atoms with Gasteiger partial charge in [-0.15, -0.1) is 11.8 Å². The molecule has 0 aliphatic carbocycles. The van der Waals surface area contributed by atoms with Crippen molar-refractivity contribution in [3.8, 4) is 17.2 Å². The summed E-state index contributed by atoms with van der Waals surface area (Å²) < 4.78 is 0. The number of imidazole rings is 3. The molecule has 46 nitrogen and oxygen atoms in total. The summed E-state index contributed by atoms with van der Waals surface area (Å²) in [7, 11) is 0. The van der Waals surface area contributed by atoms with Gasteiger partial charge in [-0.2, -0.15) is 0 Å². The van der Waals surface area contributed by atoms with E-state index in [-0.39, 0.29) is 110 Å². The van der Waals surface area contributed by atoms with Crippen molar-refractivity contribution >= 4 is 118 Å². The Morgan fingerprint density at radius 2 is 0.788 bits per heavy atom. The molecule has 16 amide bonds. The summed E-state index contributed by atoms with van der Waals surface area (Å²) in [6.45, 7) is 7.54. The zero-order valence-electron chi connectivity index (χ0n) is 73.6. The molecule has 6 aromatic rings. The number of benzene rings is 3. The molecule has 1 saturated heterocycles. The SMILES string of the molecule is CC[C@H](C)[C@@H]1NC(=O)[C@H](CCCNC(=N)N)NC(=O)[C@H](Cc2ccc(O)cc2)NC(=O)[C@H](Cc2c[nH]cn2)NC(=O)[C@H](Cc2c[nH]cn2)NC(=O)[C@H](Cc2c[nH]cn2)NC(=O)[C@H](Cc2ccc(O)cc2)NC(=O)CSC[C@@H](C(=O)NCC(N)=O)NC(=O)CNC(=O)[C@H](CC(C)C)NC(=O)[C@H](CCC(=O)O)NC(=O)CNC(=O)[C@H](Cc2ccc(O)cc2)NC(=O)[C@H](CC(C)C)NC1=O. The number of guanidine groups is 1. The highest BCUT2D eigenvalue weighted by Crippen LogP contribution is 2.20. The van der Waals surface area contributed by atoms with Crippen LogP contribution in [-0.2, 0) is 120 Å². The number of carboxylic acids is 1. The van der Waals surface area contributed by atoms with E-state index >= 15 is 28.8 Å². The van der Waals surface area contributed by atoms with E-state index in [0.29, 0.717) is 16.7 Å². The molecule has 0 saturated carbocycles. The number of aromatic amines is 3. The topological polar surface area (TPSA) is 726 Å². The molecular weight excluding hydrogens is 1740 g/mol. The first-order valence-electron chi connectivity index (χ1n) is 42.7. The van der Waals surface area contributed by atoms with Crippen molar-refractivity contribution in [1.82, 2.24) is 115 Å². The summed E-state index contributed by atoms with van der Waals surface area (Å²) in [5.74, 6) is -20.9. The zero-order chi connectivity index (χ0) is 96.7. The van der Waals surface area contributed by atoms with Crippen molar-refractivity contribution in [3.63, 3.8) is 0 Å². The lowest BCUT2D eigenvalue weighted by atomic mass is 9.95. The Labute approximate surface area is 762 Å². The Balaban J connectivity index is 1.30. The van der Waals surface area contributed by atoms with Crippen molar-refractivity contribution in [2.24, 2.45) is 29.2 Å². The Bertz CT molecular complexity index is 4910. The van der Waals surface area contributed by atoms with Crippen LogP contribution in [0.4, 0.5) is 0 Å². The molecule has 132 heavy (non-hydrogen) atoms. The van der Waals surface area contributed by atoms with Crippen LogP contribution in [0.2, 0.25) is 0 Å². The first-order chi connectivity index (χ1) is 62.8. The van der Waals surface area contributed by atoms with Gasteiger partial charge in [0.1, 0.15) is 89.8 Å². The molecule has 1 aliphatic heterocycles. The Kier molecular flexibility index (Phi) is 41.7. The van der Waals surface area contributed by atoms with Crippen LogP contribution in [0.1, 0.15) is 120 Å². The Hall–Kier alpha value is -14.7. The molecule has 0 unspecified atom stereocenters. The third kappa shape index (κ3) is 36.4. The highest BCUT2D eigenvalue weighted by molar-refractivity contribution is 8.00. The van der Waals surface area contributed by atoms with Gasteiger partial charge in [0.15, 0.2) is 5.96 Å². The summed E-state index contributed by atoms with van der Waals surface area (Å²) in [6.07, 6.45) is 4.35. The summed E-state index contributed by atoms with van der Waals surface area (Å²) in [4.78, 5) is 265. The standard InChI is InChI=1S/C85H117N25O21S/c1-7-46(6)72-84(131)109-59(26-45(4)5)78(125)104-60(27-47-10-16-53(111)17-11-47)74(121)95-37-68(115)99-57(22-23-71(118)119)76(123)103-58(25-44(2)3)73(120)94-38-69(116)101-66(75(122)93-36-67(86)114)39-132-40-70(117)100-61(28-48-12-18-54(112)19-13-48)79(126)106-64(31-51-34-90-42-97-51)82(129)108-65(32-52-35-91-43-98-52)83(130)107-63(30-50-33-89-41-96-50)81(128)105-62(29-49-14-20-55(113)21-15-49)80(127)102-56(77(124)110-72)9-8-24-92-85(87)88/h10-21,33-35,41-46,56-66,72,111-113H,7-9,22-32,36-40H2,1-6H3,(H2,86,114)(H,89,96)(H,90,97)(H,91,98)(H,93,122)(H,94,120)(H,95,121)(H,99,115)(H,100,117)(H,101,116)(H,102,127)(H,103,123)(H,104,125)(H,105,128)(H,106,126)(H,107,130)(H,108,129)(H,109,131)(H,110,124)(H,118,119)(H4,87,88,92)/t46-,56-,57-,58-,59-,60-,61-,62-,63-,64-,65-,66-,72-/m0/s1. The highest BCUT2D eigenvalue weighted by Gasteiger charge is 2.39. The minimum absolute atomic E-state index is 0.0133. The minimum atomic E-state index is -1.72. The molecule has 0 radical (unpaired) electrons. The zero-order valence-corrected chi connectivity index (χ0v) is 74.4. The number of carbonyl (C=O) groups is 17. The molecule has 1 fully saturated rings. The van der Waals surface area contributed by atoms with E-state index in [4.69, 9.17) is 16.9 Å². The predicted molar refractivity (Wildman–Crippen MR) is 475 cm³/mol. The number of carbonyl (C=O) groups excluding carboxylic acids is 16. The molecule has 3 aromatic heterocycles. The maximum absolute atomic E-state index is 15.3. The maximum atomic E-state index is 15.3. The van der Waals surface area contributed by atoms with Crippen molar-refractivity contribution in [2.45, 2.75) is 198 Å². The first-order valence-corrected chi connectivity index (χ1v) is 43.8. The fourth-order valence-corrected chi connectivity index (χ4v) is 14.5. The van der Waals surface area contributed by atoms with E-state index in [1.807, 2.05) is 0 Å². The van der Waals surface area contributed by atoms with Crippen LogP contribution in [0.3, 0.4) is 0 Å². The first kappa shape index (κ1) is 104. The lowest BCUT2D eigenvalue weighted by Gasteiger charge is -2.30. The van der Waals surface area contributed by atoms with Crippen LogP contribution in [0, 0.1) is 23.2 Å². The monoisotopic (exact) mass is 1860 g/mol. The van der Waals surface area contributed by atoms with Gasteiger partial charge < -0.3 is 132 Å². The number of phenolic OH excluding ortho intramolecular Hbond substituents is 3. The second-order valence-corrected chi connectivity index (χ2v) is 33.5. The normalized spacial score (nSPS) is 22.3. The predicted octanol–water partition coefficient (Wildman–Crippen LogP) is -4.61. The number of aromatic nitrogens is 6. The molecule has 13 atom stereocenters. The number of aliphatic carboxylic acids is 1. The number of amides is 16. The number of hydrogen-bond donors (Lipinski definition) is 26. The molecule has 47 heteroatoms. The van der Waals surface area contributed by atoms with Crippen molar-refractivity contribution in [1.29, 1.82) is 5.41 Å². The average molecular weight is 1860 g/mol. The second-order valence-electron chi connectivity index (χ2n) is 32.4. The molecular formula is C85H117N25O21S. The van der Waals surface area contributed by atoms with E-state index in [9.17, 15) is 73.2 Å². The lowest BCUT2D eigenvalue weighted by molar-refractivity contribution is -0.138. The summed E-state index contributed by atoms with van der Waals surface area (Å²) in [6, 6.07) is -2.81. The molecule has 0 spiro atoms. The van der Waals surface area contributed by atoms with Gasteiger partial charge in [-0.25, -0.2) is 15.0 Å². The maximum Gasteiger partial charge on any atom is 0.303 e. The van der Waals surface area contributed by atoms with Crippen molar-refractivity contribution < 1.29 is 102 Å². The van der Waals surface area contributed by atoms with Gasteiger partial charge in [0.2, 0.25) is 94.5 Å². The molecule has 0 bridgehead atoms. The number of hydrogen-bond acceptors (Lipinski definition) is 25. The minimum Gasteiger partial charge on any atom is -0.508 e. The van der Waals surface area contributed by atoms with Crippen LogP contribution in [0.15, 0.2) is 110 Å². The number of thioether (sulfide) groups is 1. The summed E-state index contributed by atoms with van der Waals surface area (Å²) >= 11 is 0.732. The largest absolute Gasteiger partial charge is 0.508 e. The van der Waals surface area contributed by atoms with Gasteiger partial charge in [0, 0.05) is 75.8 Å². The molecule has 28 N–H and O–H groups in total. The Morgan fingerprint density at radius 3 is 1.19 bits per heavy atom. The lowest BCUT2D eigenvalue weighted by Crippen LogP contribution is -2.62. The van der Waals surface area contributed by atoms with E-state index in [2.05, 4.69) is 115 Å². The van der Waals surface area contributed by atoms with Crippen LogP contribution in [-0.4, -0.2) is 267 Å². The number of nitrogens with zero attached hydrogens (tertiary/aromatic N) is 3. The van der Waals surface area contributed by atoms with Crippen molar-refractivity contribution in [3.05, 3.63) is 144 Å². The highest BCUT2D eigenvalue weighted by atomic mass is 32.2. The van der Waals surface area contributed by atoms with Crippen LogP contribution in [0.25, 0.3) is 0 Å². The molecule has 3 aromatic carbocycles. The molecule has 7 rings (SSSR count). The Morgan fingerprint density at radius 1 is 0.439 bits per heavy atom. The number of rotatable bonds is 28. The number of carboxylic acid groups (broad SMARTS) is 1. The van der Waals surface area contributed by atoms with Gasteiger partial charge in [-0.05, 0) is 103 Å². The molecule has 4 heterocycles. The third-order valence-electron chi connectivity index (χ3n) is 20.7. The number of nitrogens with one attached hydrogen (secondary N) is 20. The summed E-state index contributed by atoms with van der Waals surface area (Å²) in [5.41, 5.74) is 12.6. The summed E-state index contributed by atoms with van der Waals surface area (Å²) in [5, 5.41) is 89.6. The molecule has 714 valence electrons. The van der Waals surface area contributed by atoms with E-state index < -0.39 is 242 Å². The van der Waals surface area contributed by atoms with Crippen LogP contribution < -0.4 is 96.5 Å². The number of nitrogens with two attached hydrogens (primary N) is 2. The van der Waals surface area contributed by atoms with Crippen LogP contribution >= 0.6 is 11.8 Å². The third-order valence-corrected chi connectivity index (χ3v) is 21.7. The van der Waals surface area contributed by atoms with Gasteiger partial charge in [0.05, 0.1) is 61.5 Å². The van der Waals surface area contributed by atoms with E-state index in [0.717, 1.165) is 11.8 Å². The number of phenols is 3. The van der Waals surface area contributed by atoms with Gasteiger partial charge >= 0.3 is 5.97 Å².